The van der Waals surface area contributed by atoms with Crippen molar-refractivity contribution in [3.63, 3.8) is 0 Å². The van der Waals surface area contributed by atoms with E-state index in [9.17, 15) is 4.79 Å². The van der Waals surface area contributed by atoms with Crippen LogP contribution in [0.1, 0.15) is 5.56 Å². The predicted molar refractivity (Wildman–Crippen MR) is 116 cm³/mol. The van der Waals surface area contributed by atoms with Gasteiger partial charge in [0, 0.05) is 21.7 Å². The summed E-state index contributed by atoms with van der Waals surface area (Å²) in [5.74, 6) is 1.16. The first kappa shape index (κ1) is 19.0. The summed E-state index contributed by atoms with van der Waals surface area (Å²) in [6, 6.07) is 25.2. The molecule has 1 heterocycles. The molecule has 29 heavy (non-hydrogen) atoms. The van der Waals surface area contributed by atoms with Gasteiger partial charge >= 0.3 is 0 Å². The molecule has 1 N–H and O–H groups in total. The van der Waals surface area contributed by atoms with Crippen molar-refractivity contribution in [1.82, 2.24) is 10.2 Å². The van der Waals surface area contributed by atoms with Gasteiger partial charge in [0.2, 0.25) is 17.7 Å². The van der Waals surface area contributed by atoms with Crippen molar-refractivity contribution in [3.8, 4) is 22.9 Å². The molecule has 0 fully saturated rings. The zero-order valence-corrected chi connectivity index (χ0v) is 16.6. The minimum Gasteiger partial charge on any atom is -0.416 e. The van der Waals surface area contributed by atoms with Crippen LogP contribution in [0.25, 0.3) is 22.9 Å². The van der Waals surface area contributed by atoms with Crippen LogP contribution in [0.4, 0.5) is 5.69 Å². The fraction of sp³-hybridized carbons (Fsp3) is 0.0870. The van der Waals surface area contributed by atoms with Gasteiger partial charge < -0.3 is 9.73 Å². The summed E-state index contributed by atoms with van der Waals surface area (Å²) in [5.41, 5.74) is 3.45. The second-order valence-electron chi connectivity index (χ2n) is 6.51. The van der Waals surface area contributed by atoms with E-state index in [0.717, 1.165) is 21.6 Å². The first-order valence-corrected chi connectivity index (χ1v) is 10.1. The topological polar surface area (TPSA) is 68.0 Å². The van der Waals surface area contributed by atoms with E-state index in [2.05, 4.69) is 15.5 Å². The first-order chi connectivity index (χ1) is 14.2. The average Bonchev–Trinajstić information content (AvgIpc) is 3.24. The Hall–Kier alpha value is -3.38. The predicted octanol–water partition coefficient (Wildman–Crippen LogP) is 5.44. The van der Waals surface area contributed by atoms with Crippen LogP contribution in [0, 0.1) is 6.92 Å². The van der Waals surface area contributed by atoms with Gasteiger partial charge in [-0.2, -0.15) is 0 Å². The zero-order valence-electron chi connectivity index (χ0n) is 15.8. The third-order valence-corrected chi connectivity index (χ3v) is 5.21. The molecule has 4 aromatic rings. The summed E-state index contributed by atoms with van der Waals surface area (Å²) in [4.78, 5) is 13.3. The highest BCUT2D eigenvalue weighted by molar-refractivity contribution is 8.00. The standard InChI is InChI=1S/C23H19N3O2S/c1-16-7-5-8-17(13-16)22-25-26-23(28-22)18-9-6-10-19(14-18)24-21(27)15-29-20-11-3-2-4-12-20/h2-14H,15H2,1H3,(H,24,27). The lowest BCUT2D eigenvalue weighted by Gasteiger charge is -2.06. The Kier molecular flexibility index (Phi) is 5.72. The maximum Gasteiger partial charge on any atom is 0.248 e. The normalized spacial score (nSPS) is 10.7. The van der Waals surface area contributed by atoms with E-state index in [1.165, 1.54) is 11.8 Å². The molecule has 0 saturated carbocycles. The van der Waals surface area contributed by atoms with E-state index in [-0.39, 0.29) is 5.91 Å². The molecule has 144 valence electrons. The maximum atomic E-state index is 12.3. The van der Waals surface area contributed by atoms with Gasteiger partial charge in [-0.3, -0.25) is 4.79 Å². The lowest BCUT2D eigenvalue weighted by Crippen LogP contribution is -2.13. The van der Waals surface area contributed by atoms with Gasteiger partial charge in [-0.1, -0.05) is 42.0 Å². The Morgan fingerprint density at radius 3 is 2.31 bits per heavy atom. The molecular weight excluding hydrogens is 382 g/mol. The van der Waals surface area contributed by atoms with Crippen molar-refractivity contribution in [2.45, 2.75) is 11.8 Å². The quantitative estimate of drug-likeness (QED) is 0.436. The van der Waals surface area contributed by atoms with Crippen molar-refractivity contribution in [2.75, 3.05) is 11.1 Å². The Labute approximate surface area is 173 Å². The molecule has 0 radical (unpaired) electrons. The molecule has 0 aliphatic heterocycles. The molecule has 4 rings (SSSR count). The fourth-order valence-electron chi connectivity index (χ4n) is 2.83. The number of amides is 1. The van der Waals surface area contributed by atoms with E-state index in [1.807, 2.05) is 85.8 Å². The summed E-state index contributed by atoms with van der Waals surface area (Å²) in [6.45, 7) is 2.02. The molecule has 0 saturated heterocycles. The summed E-state index contributed by atoms with van der Waals surface area (Å²) < 4.78 is 5.84. The minimum absolute atomic E-state index is 0.0676. The number of aromatic nitrogens is 2. The van der Waals surface area contributed by atoms with Gasteiger partial charge in [0.25, 0.3) is 0 Å². The minimum atomic E-state index is -0.0676. The number of rotatable bonds is 6. The first-order valence-electron chi connectivity index (χ1n) is 9.16. The fourth-order valence-corrected chi connectivity index (χ4v) is 3.55. The van der Waals surface area contributed by atoms with E-state index >= 15 is 0 Å². The van der Waals surface area contributed by atoms with Gasteiger partial charge in [0.05, 0.1) is 5.75 Å². The number of thioether (sulfide) groups is 1. The van der Waals surface area contributed by atoms with E-state index < -0.39 is 0 Å². The Morgan fingerprint density at radius 1 is 0.897 bits per heavy atom. The number of hydrogen-bond donors (Lipinski definition) is 1. The van der Waals surface area contributed by atoms with Gasteiger partial charge in [0.15, 0.2) is 0 Å². The van der Waals surface area contributed by atoms with Gasteiger partial charge in [-0.05, 0) is 49.4 Å². The summed E-state index contributed by atoms with van der Waals surface area (Å²) in [5, 5.41) is 11.2. The molecule has 0 aliphatic rings. The van der Waals surface area contributed by atoms with Crippen LogP contribution in [0.15, 0.2) is 88.2 Å². The van der Waals surface area contributed by atoms with Crippen molar-refractivity contribution in [1.29, 1.82) is 0 Å². The lowest BCUT2D eigenvalue weighted by molar-refractivity contribution is -0.113. The van der Waals surface area contributed by atoms with E-state index in [0.29, 0.717) is 23.2 Å². The number of aryl methyl sites for hydroxylation is 1. The maximum absolute atomic E-state index is 12.3. The van der Waals surface area contributed by atoms with Crippen LogP contribution in [-0.4, -0.2) is 21.9 Å². The smallest absolute Gasteiger partial charge is 0.248 e. The van der Waals surface area contributed by atoms with Crippen LogP contribution < -0.4 is 5.32 Å². The van der Waals surface area contributed by atoms with E-state index in [4.69, 9.17) is 4.42 Å². The number of benzene rings is 3. The zero-order chi connectivity index (χ0) is 20.1. The van der Waals surface area contributed by atoms with E-state index in [1.54, 1.807) is 0 Å². The highest BCUT2D eigenvalue weighted by atomic mass is 32.2. The molecule has 0 aliphatic carbocycles. The van der Waals surface area contributed by atoms with Gasteiger partial charge in [-0.15, -0.1) is 22.0 Å². The molecule has 0 unspecified atom stereocenters. The lowest BCUT2D eigenvalue weighted by atomic mass is 10.1. The number of anilines is 1. The number of nitrogens with zero attached hydrogens (tertiary/aromatic N) is 2. The van der Waals surface area contributed by atoms with Crippen molar-refractivity contribution in [3.05, 3.63) is 84.4 Å². The van der Waals surface area contributed by atoms with Crippen LogP contribution in [0.5, 0.6) is 0 Å². The third kappa shape index (κ3) is 4.92. The summed E-state index contributed by atoms with van der Waals surface area (Å²) >= 11 is 1.50. The highest BCUT2D eigenvalue weighted by Crippen LogP contribution is 2.26. The summed E-state index contributed by atoms with van der Waals surface area (Å²) in [6.07, 6.45) is 0. The molecule has 1 aromatic heterocycles. The Bertz CT molecular complexity index is 1130. The third-order valence-electron chi connectivity index (χ3n) is 4.20. The van der Waals surface area contributed by atoms with Crippen molar-refractivity contribution < 1.29 is 9.21 Å². The second-order valence-corrected chi connectivity index (χ2v) is 7.56. The largest absolute Gasteiger partial charge is 0.416 e. The number of carbonyl (C=O) groups is 1. The number of nitrogens with one attached hydrogen (secondary N) is 1. The number of carbonyl (C=O) groups excluding carboxylic acids is 1. The molecular formula is C23H19N3O2S. The SMILES string of the molecule is Cc1cccc(-c2nnc(-c3cccc(NC(=O)CSc4ccccc4)c3)o2)c1. The average molecular weight is 401 g/mol. The van der Waals surface area contributed by atoms with Crippen LogP contribution in [0.2, 0.25) is 0 Å². The summed E-state index contributed by atoms with van der Waals surface area (Å²) in [7, 11) is 0. The molecule has 0 atom stereocenters. The molecule has 0 bridgehead atoms. The van der Waals surface area contributed by atoms with Crippen molar-refractivity contribution in [2.24, 2.45) is 0 Å². The molecule has 1 amide bonds. The second kappa shape index (κ2) is 8.75. The van der Waals surface area contributed by atoms with Crippen LogP contribution >= 0.6 is 11.8 Å². The molecule has 0 spiro atoms. The Balaban J connectivity index is 1.44. The highest BCUT2D eigenvalue weighted by Gasteiger charge is 2.12. The monoisotopic (exact) mass is 401 g/mol. The molecule has 3 aromatic carbocycles. The van der Waals surface area contributed by atoms with Crippen LogP contribution in [-0.2, 0) is 4.79 Å². The number of hydrogen-bond acceptors (Lipinski definition) is 5. The molecule has 5 nitrogen and oxygen atoms in total. The molecule has 6 heteroatoms. The van der Waals surface area contributed by atoms with Gasteiger partial charge in [0.1, 0.15) is 0 Å². The Morgan fingerprint density at radius 2 is 1.59 bits per heavy atom. The van der Waals surface area contributed by atoms with Crippen molar-refractivity contribution >= 4 is 23.4 Å². The van der Waals surface area contributed by atoms with Gasteiger partial charge in [-0.25, -0.2) is 0 Å². The van der Waals surface area contributed by atoms with Crippen LogP contribution in [0.3, 0.4) is 0 Å².